The van der Waals surface area contributed by atoms with E-state index in [0.717, 1.165) is 19.3 Å². The summed E-state index contributed by atoms with van der Waals surface area (Å²) in [6.45, 7) is 6.08. The summed E-state index contributed by atoms with van der Waals surface area (Å²) in [5.41, 5.74) is 10.00. The molecule has 0 aliphatic heterocycles. The predicted molar refractivity (Wildman–Crippen MR) is 99.5 cm³/mol. The summed E-state index contributed by atoms with van der Waals surface area (Å²) < 4.78 is 0. The lowest BCUT2D eigenvalue weighted by Crippen LogP contribution is -2.04. The van der Waals surface area contributed by atoms with E-state index in [0.29, 0.717) is 5.92 Å². The van der Waals surface area contributed by atoms with Crippen LogP contribution in [0.3, 0.4) is 0 Å². The molecule has 1 atom stereocenters. The maximum Gasteiger partial charge on any atom is 0.000597 e. The second-order valence-electron chi connectivity index (χ2n) is 6.18. The summed E-state index contributed by atoms with van der Waals surface area (Å²) in [5, 5.41) is 0. The standard InChI is InChI=1S/C23H24/c1-3-19(4-2)21-16-10-13-20(17-18-11-6-5-7-12-18)22-14-8-9-15-23(21)22/h5-9,11-12,14-16,20H,1,4,10,13,17H2,2H3. The van der Waals surface area contributed by atoms with Crippen LogP contribution in [0.25, 0.3) is 5.57 Å². The summed E-state index contributed by atoms with van der Waals surface area (Å²) in [5.74, 6) is 0.574. The van der Waals surface area contributed by atoms with Crippen molar-refractivity contribution in [3.8, 4) is 0 Å². The first-order valence-electron chi connectivity index (χ1n) is 8.56. The van der Waals surface area contributed by atoms with E-state index in [1.54, 1.807) is 0 Å². The zero-order valence-corrected chi connectivity index (χ0v) is 13.9. The van der Waals surface area contributed by atoms with Crippen molar-refractivity contribution >= 4 is 5.57 Å². The lowest BCUT2D eigenvalue weighted by molar-refractivity contribution is 0.633. The third-order valence-corrected chi connectivity index (χ3v) is 4.77. The quantitative estimate of drug-likeness (QED) is 0.580. The molecule has 0 nitrogen and oxygen atoms in total. The molecule has 0 bridgehead atoms. The van der Waals surface area contributed by atoms with Crippen molar-refractivity contribution in [2.75, 3.05) is 0 Å². The Hall–Kier alpha value is -2.30. The maximum absolute atomic E-state index is 3.89. The Bertz CT molecular complexity index is 743. The fourth-order valence-electron chi connectivity index (χ4n) is 3.60. The van der Waals surface area contributed by atoms with Crippen LogP contribution in [0.4, 0.5) is 0 Å². The number of hydrogen-bond acceptors (Lipinski definition) is 0. The van der Waals surface area contributed by atoms with Gasteiger partial charge in [-0.05, 0) is 53.9 Å². The zero-order valence-electron chi connectivity index (χ0n) is 13.9. The van der Waals surface area contributed by atoms with Gasteiger partial charge in [-0.3, -0.25) is 0 Å². The minimum atomic E-state index is 0.574. The van der Waals surface area contributed by atoms with Gasteiger partial charge >= 0.3 is 0 Å². The highest BCUT2D eigenvalue weighted by Crippen LogP contribution is 2.38. The molecule has 0 heteroatoms. The molecule has 0 fully saturated rings. The van der Waals surface area contributed by atoms with E-state index in [-0.39, 0.29) is 0 Å². The molecular formula is C23H24. The topological polar surface area (TPSA) is 0 Å². The summed E-state index contributed by atoms with van der Waals surface area (Å²) in [4.78, 5) is 0. The molecule has 0 radical (unpaired) electrons. The Kier molecular flexibility index (Phi) is 4.95. The molecule has 23 heavy (non-hydrogen) atoms. The van der Waals surface area contributed by atoms with Gasteiger partial charge in [0.2, 0.25) is 0 Å². The smallest absolute Gasteiger partial charge is 0.000597 e. The second kappa shape index (κ2) is 7.31. The molecule has 1 unspecified atom stereocenters. The highest BCUT2D eigenvalue weighted by molar-refractivity contribution is 5.81. The number of benzene rings is 2. The summed E-state index contributed by atoms with van der Waals surface area (Å²) >= 11 is 0. The Morgan fingerprint density at radius 2 is 1.83 bits per heavy atom. The first-order chi connectivity index (χ1) is 11.3. The molecule has 0 amide bonds. The molecule has 116 valence electrons. The zero-order chi connectivity index (χ0) is 16.1. The van der Waals surface area contributed by atoms with Gasteiger partial charge in [-0.25, -0.2) is 0 Å². The van der Waals surface area contributed by atoms with Crippen LogP contribution in [0.5, 0.6) is 0 Å². The molecule has 0 aromatic heterocycles. The number of allylic oxidation sites excluding steroid dienone is 3. The third-order valence-electron chi connectivity index (χ3n) is 4.77. The summed E-state index contributed by atoms with van der Waals surface area (Å²) in [6, 6.07) is 19.7. The van der Waals surface area contributed by atoms with Crippen molar-refractivity contribution in [3.63, 3.8) is 0 Å². The maximum atomic E-state index is 3.89. The molecule has 1 aliphatic rings. The van der Waals surface area contributed by atoms with Gasteiger partial charge in [0.1, 0.15) is 0 Å². The first kappa shape index (κ1) is 15.6. The molecule has 0 N–H and O–H groups in total. The Morgan fingerprint density at radius 3 is 2.57 bits per heavy atom. The van der Waals surface area contributed by atoms with Crippen LogP contribution in [0.1, 0.15) is 48.8 Å². The second-order valence-corrected chi connectivity index (χ2v) is 6.18. The van der Waals surface area contributed by atoms with Gasteiger partial charge in [0.25, 0.3) is 0 Å². The van der Waals surface area contributed by atoms with Crippen LogP contribution in [0.2, 0.25) is 0 Å². The van der Waals surface area contributed by atoms with Crippen molar-refractivity contribution in [3.05, 3.63) is 95.2 Å². The van der Waals surface area contributed by atoms with Gasteiger partial charge in [-0.2, -0.15) is 0 Å². The fraction of sp³-hybridized carbons (Fsp3) is 0.261. The molecule has 2 aromatic rings. The van der Waals surface area contributed by atoms with Crippen LogP contribution in [-0.2, 0) is 6.42 Å². The Labute approximate surface area is 139 Å². The van der Waals surface area contributed by atoms with E-state index in [1.807, 2.05) is 0 Å². The van der Waals surface area contributed by atoms with Gasteiger partial charge < -0.3 is 0 Å². The lowest BCUT2D eigenvalue weighted by atomic mass is 9.85. The van der Waals surface area contributed by atoms with Gasteiger partial charge in [0, 0.05) is 5.57 Å². The van der Waals surface area contributed by atoms with Crippen molar-refractivity contribution in [2.24, 2.45) is 0 Å². The third kappa shape index (κ3) is 3.38. The molecule has 0 saturated heterocycles. The Balaban J connectivity index is 2.00. The SMILES string of the molecule is C=C=C(CC)C1=CCCC(Cc2ccccc2)c2ccccc21. The predicted octanol–water partition coefficient (Wildman–Crippen LogP) is 6.31. The lowest BCUT2D eigenvalue weighted by Gasteiger charge is -2.19. The first-order valence-corrected chi connectivity index (χ1v) is 8.56. The van der Waals surface area contributed by atoms with Crippen LogP contribution >= 0.6 is 0 Å². The van der Waals surface area contributed by atoms with Crippen LogP contribution < -0.4 is 0 Å². The van der Waals surface area contributed by atoms with Gasteiger partial charge in [0.05, 0.1) is 0 Å². The largest absolute Gasteiger partial charge is 0.125 e. The summed E-state index contributed by atoms with van der Waals surface area (Å²) in [6.07, 6.45) is 6.79. The van der Waals surface area contributed by atoms with Gasteiger partial charge in [0.15, 0.2) is 0 Å². The normalized spacial score (nSPS) is 16.7. The highest BCUT2D eigenvalue weighted by atomic mass is 14.2. The molecule has 0 spiro atoms. The minimum absolute atomic E-state index is 0.574. The van der Waals surface area contributed by atoms with Crippen molar-refractivity contribution in [1.82, 2.24) is 0 Å². The van der Waals surface area contributed by atoms with Crippen LogP contribution in [0.15, 0.2) is 78.6 Å². The molecule has 1 aliphatic carbocycles. The average molecular weight is 300 g/mol. The molecular weight excluding hydrogens is 276 g/mol. The van der Waals surface area contributed by atoms with E-state index in [9.17, 15) is 0 Å². The average Bonchev–Trinajstić information content (AvgIpc) is 2.78. The monoisotopic (exact) mass is 300 g/mol. The molecule has 3 rings (SSSR count). The van der Waals surface area contributed by atoms with E-state index in [2.05, 4.69) is 79.9 Å². The highest BCUT2D eigenvalue weighted by Gasteiger charge is 2.21. The molecule has 0 heterocycles. The van der Waals surface area contributed by atoms with Gasteiger partial charge in [-0.1, -0.05) is 74.2 Å². The van der Waals surface area contributed by atoms with Crippen molar-refractivity contribution < 1.29 is 0 Å². The van der Waals surface area contributed by atoms with Crippen molar-refractivity contribution in [2.45, 2.75) is 38.5 Å². The fourth-order valence-corrected chi connectivity index (χ4v) is 3.60. The number of fused-ring (bicyclic) bond motifs is 1. The van der Waals surface area contributed by atoms with E-state index < -0.39 is 0 Å². The van der Waals surface area contributed by atoms with E-state index in [4.69, 9.17) is 0 Å². The van der Waals surface area contributed by atoms with Crippen molar-refractivity contribution in [1.29, 1.82) is 0 Å². The number of hydrogen-bond donors (Lipinski definition) is 0. The van der Waals surface area contributed by atoms with E-state index >= 15 is 0 Å². The van der Waals surface area contributed by atoms with Gasteiger partial charge in [-0.15, -0.1) is 5.73 Å². The molecule has 0 saturated carbocycles. The van der Waals surface area contributed by atoms with E-state index in [1.165, 1.54) is 34.3 Å². The number of rotatable bonds is 4. The van der Waals surface area contributed by atoms with Crippen LogP contribution in [0, 0.1) is 0 Å². The summed E-state index contributed by atoms with van der Waals surface area (Å²) in [7, 11) is 0. The van der Waals surface area contributed by atoms with Crippen LogP contribution in [-0.4, -0.2) is 0 Å². The molecule has 2 aromatic carbocycles. The Morgan fingerprint density at radius 1 is 1.09 bits per heavy atom. The minimum Gasteiger partial charge on any atom is -0.125 e.